The number of carbonyl (C=O) groups is 2. The fourth-order valence-corrected chi connectivity index (χ4v) is 1.07. The van der Waals surface area contributed by atoms with Crippen LogP contribution in [0.1, 0.15) is 20.7 Å². The van der Waals surface area contributed by atoms with Crippen molar-refractivity contribution in [2.24, 2.45) is 0 Å². The molecule has 11 heteroatoms. The molecular formula is C10H5F6NaO4. The maximum atomic E-state index is 11.7. The van der Waals surface area contributed by atoms with Crippen LogP contribution in [0.5, 0.6) is 0 Å². The molecule has 0 saturated heterocycles. The summed E-state index contributed by atoms with van der Waals surface area (Å²) in [5, 5.41) is 0. The fourth-order valence-electron chi connectivity index (χ4n) is 1.07. The summed E-state index contributed by atoms with van der Waals surface area (Å²) in [4.78, 5) is 21.9. The van der Waals surface area contributed by atoms with E-state index in [1.54, 1.807) is 0 Å². The third kappa shape index (κ3) is 7.34. The van der Waals surface area contributed by atoms with E-state index in [1.165, 1.54) is 0 Å². The van der Waals surface area contributed by atoms with Crippen molar-refractivity contribution in [3.05, 3.63) is 35.4 Å². The first-order chi connectivity index (χ1) is 8.98. The van der Waals surface area contributed by atoms with Crippen molar-refractivity contribution >= 4 is 41.5 Å². The molecule has 0 radical (unpaired) electrons. The van der Waals surface area contributed by atoms with E-state index in [4.69, 9.17) is 0 Å². The van der Waals surface area contributed by atoms with Gasteiger partial charge < -0.3 is 9.47 Å². The molecule has 1 aromatic rings. The van der Waals surface area contributed by atoms with Crippen LogP contribution in [0.4, 0.5) is 26.3 Å². The minimum atomic E-state index is -5.19. The van der Waals surface area contributed by atoms with E-state index in [9.17, 15) is 35.9 Å². The SMILES string of the molecule is O=C(OC(F)(F)F)c1ccc(C(=O)OC(F)(F)F)cc1.[NaH]. The van der Waals surface area contributed by atoms with Crippen LogP contribution in [-0.2, 0) is 9.47 Å². The molecule has 0 unspecified atom stereocenters. The summed E-state index contributed by atoms with van der Waals surface area (Å²) in [6, 6.07) is 2.78. The van der Waals surface area contributed by atoms with Gasteiger partial charge in [-0.3, -0.25) is 0 Å². The van der Waals surface area contributed by atoms with E-state index in [0.29, 0.717) is 24.3 Å². The molecule has 0 amide bonds. The van der Waals surface area contributed by atoms with Crippen molar-refractivity contribution in [2.45, 2.75) is 12.7 Å². The average Bonchev–Trinajstić information content (AvgIpc) is 2.24. The first kappa shape index (κ1) is 19.7. The zero-order chi connectivity index (χ0) is 15.6. The number of benzene rings is 1. The van der Waals surface area contributed by atoms with Gasteiger partial charge in [-0.15, -0.1) is 26.3 Å². The summed E-state index contributed by atoms with van der Waals surface area (Å²) in [5.41, 5.74) is -1.18. The normalized spacial score (nSPS) is 11.3. The van der Waals surface area contributed by atoms with Crippen molar-refractivity contribution in [2.75, 3.05) is 0 Å². The van der Waals surface area contributed by atoms with Crippen molar-refractivity contribution in [1.82, 2.24) is 0 Å². The second-order valence-electron chi connectivity index (χ2n) is 3.25. The van der Waals surface area contributed by atoms with Gasteiger partial charge in [-0.1, -0.05) is 0 Å². The number of rotatable bonds is 2. The van der Waals surface area contributed by atoms with Gasteiger partial charge in [-0.25, -0.2) is 9.59 Å². The Morgan fingerprint density at radius 3 is 1.14 bits per heavy atom. The molecule has 0 fully saturated rings. The molecule has 0 spiro atoms. The summed E-state index contributed by atoms with van der Waals surface area (Å²) in [6.45, 7) is 0. The van der Waals surface area contributed by atoms with Crippen LogP contribution >= 0.6 is 0 Å². The number of carbonyl (C=O) groups excluding carboxylic acids is 2. The van der Waals surface area contributed by atoms with Crippen molar-refractivity contribution in [3.8, 4) is 0 Å². The fraction of sp³-hybridized carbons (Fsp3) is 0.200. The van der Waals surface area contributed by atoms with E-state index < -0.39 is 35.8 Å². The van der Waals surface area contributed by atoms with Crippen LogP contribution in [0.15, 0.2) is 24.3 Å². The predicted molar refractivity (Wildman–Crippen MR) is 56.5 cm³/mol. The predicted octanol–water partition coefficient (Wildman–Crippen LogP) is 2.39. The zero-order valence-electron chi connectivity index (χ0n) is 9.21. The molecule has 0 aliphatic heterocycles. The first-order valence-electron chi connectivity index (χ1n) is 4.68. The molecule has 112 valence electrons. The molecular weight excluding hydrogens is 321 g/mol. The van der Waals surface area contributed by atoms with E-state index in [0.717, 1.165) is 0 Å². The summed E-state index contributed by atoms with van der Waals surface area (Å²) < 4.78 is 76.6. The summed E-state index contributed by atoms with van der Waals surface area (Å²) in [7, 11) is 0. The Bertz CT molecular complexity index is 461. The molecule has 0 atom stereocenters. The molecule has 0 saturated carbocycles. The topological polar surface area (TPSA) is 52.6 Å². The molecule has 0 aliphatic rings. The van der Waals surface area contributed by atoms with Crippen LogP contribution in [0.3, 0.4) is 0 Å². The number of esters is 2. The molecule has 0 bridgehead atoms. The second-order valence-corrected chi connectivity index (χ2v) is 3.25. The van der Waals surface area contributed by atoms with Crippen molar-refractivity contribution < 1.29 is 45.4 Å². The molecule has 4 nitrogen and oxygen atoms in total. The van der Waals surface area contributed by atoms with Gasteiger partial charge in [0.05, 0.1) is 11.1 Å². The summed E-state index contributed by atoms with van der Waals surface area (Å²) in [6.07, 6.45) is -10.4. The molecule has 21 heavy (non-hydrogen) atoms. The number of ether oxygens (including phenoxy) is 2. The van der Waals surface area contributed by atoms with Gasteiger partial charge >= 0.3 is 54.2 Å². The average molecular weight is 326 g/mol. The molecule has 1 rings (SSSR count). The monoisotopic (exact) mass is 326 g/mol. The standard InChI is InChI=1S/C10H4F6O4.Na.H/c11-9(12,13)19-7(17)5-1-2-6(4-3-5)8(18)20-10(14,15)16;;/h1-4H;;. The van der Waals surface area contributed by atoms with Gasteiger partial charge in [0.1, 0.15) is 0 Å². The maximum absolute atomic E-state index is 11.7. The second kappa shape index (κ2) is 7.14. The Balaban J connectivity index is 0.00000400. The molecule has 0 heterocycles. The molecule has 0 aromatic heterocycles. The van der Waals surface area contributed by atoms with E-state index in [2.05, 4.69) is 9.47 Å². The molecule has 0 N–H and O–H groups in total. The Labute approximate surface area is 135 Å². The van der Waals surface area contributed by atoms with E-state index in [-0.39, 0.29) is 29.6 Å². The summed E-state index contributed by atoms with van der Waals surface area (Å²) in [5.74, 6) is -3.51. The van der Waals surface area contributed by atoms with Gasteiger partial charge in [0.15, 0.2) is 0 Å². The quantitative estimate of drug-likeness (QED) is 0.476. The Morgan fingerprint density at radius 1 is 0.714 bits per heavy atom. The van der Waals surface area contributed by atoms with Gasteiger partial charge in [0.25, 0.3) is 0 Å². The van der Waals surface area contributed by atoms with Gasteiger partial charge in [0.2, 0.25) is 0 Å². The number of alkyl halides is 6. The van der Waals surface area contributed by atoms with Crippen LogP contribution in [0, 0.1) is 0 Å². The van der Waals surface area contributed by atoms with E-state index >= 15 is 0 Å². The third-order valence-electron chi connectivity index (χ3n) is 1.77. The number of hydrogen-bond acceptors (Lipinski definition) is 4. The Kier molecular flexibility index (Phi) is 6.71. The first-order valence-corrected chi connectivity index (χ1v) is 4.68. The Morgan fingerprint density at radius 2 is 0.952 bits per heavy atom. The summed E-state index contributed by atoms with van der Waals surface area (Å²) >= 11 is 0. The van der Waals surface area contributed by atoms with Crippen LogP contribution in [0.25, 0.3) is 0 Å². The number of hydrogen-bond donors (Lipinski definition) is 0. The zero-order valence-corrected chi connectivity index (χ0v) is 9.21. The van der Waals surface area contributed by atoms with Crippen LogP contribution in [-0.4, -0.2) is 54.2 Å². The van der Waals surface area contributed by atoms with Gasteiger partial charge in [0, 0.05) is 0 Å². The van der Waals surface area contributed by atoms with Crippen molar-refractivity contribution in [1.29, 1.82) is 0 Å². The van der Waals surface area contributed by atoms with Crippen molar-refractivity contribution in [3.63, 3.8) is 0 Å². The van der Waals surface area contributed by atoms with E-state index in [1.807, 2.05) is 0 Å². The van der Waals surface area contributed by atoms with Gasteiger partial charge in [-0.2, -0.15) is 0 Å². The Hall–Kier alpha value is -1.26. The third-order valence-corrected chi connectivity index (χ3v) is 1.77. The van der Waals surface area contributed by atoms with Crippen LogP contribution < -0.4 is 0 Å². The molecule has 0 aliphatic carbocycles. The minimum absolute atomic E-state index is 0. The molecule has 1 aromatic carbocycles. The van der Waals surface area contributed by atoms with Gasteiger partial charge in [-0.05, 0) is 24.3 Å². The number of halogens is 6. The van der Waals surface area contributed by atoms with Crippen LogP contribution in [0.2, 0.25) is 0 Å².